The molecule has 1 N–H and O–H groups in total. The van der Waals surface area contributed by atoms with Crippen LogP contribution in [-0.4, -0.2) is 57.3 Å². The lowest BCUT2D eigenvalue weighted by Crippen LogP contribution is -2.34. The van der Waals surface area contributed by atoms with E-state index in [1.54, 1.807) is 13.0 Å². The summed E-state index contributed by atoms with van der Waals surface area (Å²) in [5.41, 5.74) is 3.95. The van der Waals surface area contributed by atoms with Gasteiger partial charge in [-0.25, -0.2) is 23.4 Å². The summed E-state index contributed by atoms with van der Waals surface area (Å²) in [4.78, 5) is 15.6. The van der Waals surface area contributed by atoms with E-state index in [1.807, 2.05) is 35.1 Å². The average molecular weight is 507 g/mol. The summed E-state index contributed by atoms with van der Waals surface area (Å²) in [5, 5.41) is 12.4. The molecule has 0 bridgehead atoms. The fourth-order valence-electron chi connectivity index (χ4n) is 4.46. The average Bonchev–Trinajstić information content (AvgIpc) is 3.30. The zero-order chi connectivity index (χ0) is 25.4. The third-order valence-electron chi connectivity index (χ3n) is 6.64. The number of hydrogen-bond donors (Lipinski definition) is 1. The van der Waals surface area contributed by atoms with E-state index in [9.17, 15) is 8.42 Å². The fraction of sp³-hybridized carbons (Fsp3) is 0.400. The van der Waals surface area contributed by atoms with Crippen LogP contribution in [0.15, 0.2) is 47.9 Å². The Kier molecular flexibility index (Phi) is 6.33. The van der Waals surface area contributed by atoms with Crippen LogP contribution in [0.1, 0.15) is 55.6 Å². The summed E-state index contributed by atoms with van der Waals surface area (Å²) in [6.07, 6.45) is 8.85. The van der Waals surface area contributed by atoms with Gasteiger partial charge in [-0.1, -0.05) is 13.8 Å². The molecule has 1 aliphatic rings. The second kappa shape index (κ2) is 9.45. The molecule has 4 aromatic rings. The van der Waals surface area contributed by atoms with Crippen molar-refractivity contribution in [1.82, 2.24) is 29.5 Å². The van der Waals surface area contributed by atoms with E-state index in [-0.39, 0.29) is 10.9 Å². The molecule has 0 amide bonds. The molecule has 188 valence electrons. The molecule has 10 nitrogen and oxygen atoms in total. The Morgan fingerprint density at radius 2 is 1.75 bits per heavy atom. The maximum Gasteiger partial charge on any atom is 0.225 e. The molecular weight excluding hydrogens is 476 g/mol. The van der Waals surface area contributed by atoms with Crippen molar-refractivity contribution in [2.75, 3.05) is 29.6 Å². The number of sulfone groups is 1. The molecule has 1 aliphatic heterocycles. The third kappa shape index (κ3) is 4.75. The van der Waals surface area contributed by atoms with E-state index in [0.717, 1.165) is 60.9 Å². The molecule has 36 heavy (non-hydrogen) atoms. The van der Waals surface area contributed by atoms with Crippen molar-refractivity contribution in [3.05, 3.63) is 59.9 Å². The van der Waals surface area contributed by atoms with Crippen LogP contribution in [0.4, 0.5) is 17.3 Å². The Morgan fingerprint density at radius 3 is 2.39 bits per heavy atom. The van der Waals surface area contributed by atoms with Crippen LogP contribution in [0, 0.1) is 6.92 Å². The van der Waals surface area contributed by atoms with Crippen LogP contribution in [0.3, 0.4) is 0 Å². The summed E-state index contributed by atoms with van der Waals surface area (Å²) in [5.74, 6) is 2.41. The second-order valence-electron chi connectivity index (χ2n) is 9.59. The van der Waals surface area contributed by atoms with Gasteiger partial charge in [0.15, 0.2) is 20.5 Å². The molecule has 0 spiro atoms. The molecule has 1 saturated heterocycles. The van der Waals surface area contributed by atoms with Crippen LogP contribution in [0.25, 0.3) is 5.65 Å². The van der Waals surface area contributed by atoms with Crippen molar-refractivity contribution in [3.63, 3.8) is 0 Å². The first kappa shape index (κ1) is 24.1. The highest BCUT2D eigenvalue weighted by molar-refractivity contribution is 7.90. The number of nitrogens with one attached hydrogen (secondary N) is 1. The molecule has 1 fully saturated rings. The number of piperidine rings is 1. The second-order valence-corrected chi connectivity index (χ2v) is 11.5. The zero-order valence-electron chi connectivity index (χ0n) is 20.9. The van der Waals surface area contributed by atoms with E-state index in [2.05, 4.69) is 49.2 Å². The SMILES string of the molecule is Cc1nc(S(C)(=O)=O)ccc1Nc1cccn2c(C3CCN(c4ncc(C(C)C)cn4)CC3)nnc12. The van der Waals surface area contributed by atoms with Gasteiger partial charge in [0.25, 0.3) is 0 Å². The third-order valence-corrected chi connectivity index (χ3v) is 7.63. The van der Waals surface area contributed by atoms with Gasteiger partial charge in [0.2, 0.25) is 5.95 Å². The molecule has 4 aromatic heterocycles. The molecule has 0 radical (unpaired) electrons. The van der Waals surface area contributed by atoms with E-state index in [4.69, 9.17) is 0 Å². The molecule has 0 aliphatic carbocycles. The predicted molar refractivity (Wildman–Crippen MR) is 139 cm³/mol. The topological polar surface area (TPSA) is 118 Å². The monoisotopic (exact) mass is 506 g/mol. The Balaban J connectivity index is 1.32. The minimum atomic E-state index is -3.36. The summed E-state index contributed by atoms with van der Waals surface area (Å²) < 4.78 is 25.6. The van der Waals surface area contributed by atoms with Crippen LogP contribution < -0.4 is 10.2 Å². The minimum absolute atomic E-state index is 0.0566. The lowest BCUT2D eigenvalue weighted by Gasteiger charge is -2.31. The lowest BCUT2D eigenvalue weighted by molar-refractivity contribution is 0.477. The normalized spacial score (nSPS) is 15.1. The van der Waals surface area contributed by atoms with Gasteiger partial charge in [0.05, 0.1) is 17.1 Å². The molecule has 11 heteroatoms. The number of nitrogens with zero attached hydrogens (tertiary/aromatic N) is 7. The molecule has 5 rings (SSSR count). The van der Waals surface area contributed by atoms with Crippen LogP contribution in [0.5, 0.6) is 0 Å². The highest BCUT2D eigenvalue weighted by Gasteiger charge is 2.26. The predicted octanol–water partition coefficient (Wildman–Crippen LogP) is 3.88. The number of aryl methyl sites for hydroxylation is 1. The van der Waals surface area contributed by atoms with Crippen molar-refractivity contribution < 1.29 is 8.42 Å². The van der Waals surface area contributed by atoms with E-state index >= 15 is 0 Å². The molecule has 5 heterocycles. The van der Waals surface area contributed by atoms with Crippen molar-refractivity contribution in [3.8, 4) is 0 Å². The highest BCUT2D eigenvalue weighted by atomic mass is 32.2. The molecule has 0 aromatic carbocycles. The number of hydrogen-bond acceptors (Lipinski definition) is 9. The first-order chi connectivity index (χ1) is 17.2. The zero-order valence-corrected chi connectivity index (χ0v) is 21.7. The van der Waals surface area contributed by atoms with Gasteiger partial charge in [-0.2, -0.15) is 0 Å². The van der Waals surface area contributed by atoms with E-state index in [0.29, 0.717) is 17.3 Å². The van der Waals surface area contributed by atoms with Gasteiger partial charge < -0.3 is 10.2 Å². The number of anilines is 3. The number of fused-ring (bicyclic) bond motifs is 1. The molecule has 0 unspecified atom stereocenters. The fourth-order valence-corrected chi connectivity index (χ4v) is 5.08. The van der Waals surface area contributed by atoms with E-state index < -0.39 is 9.84 Å². The first-order valence-electron chi connectivity index (χ1n) is 12.1. The first-order valence-corrected chi connectivity index (χ1v) is 13.9. The minimum Gasteiger partial charge on any atom is -0.351 e. The molecular formula is C25H30N8O2S. The molecule has 0 atom stereocenters. The van der Waals surface area contributed by atoms with Crippen molar-refractivity contribution >= 4 is 32.8 Å². The van der Waals surface area contributed by atoms with Crippen LogP contribution >= 0.6 is 0 Å². The van der Waals surface area contributed by atoms with Crippen molar-refractivity contribution in [2.24, 2.45) is 0 Å². The smallest absolute Gasteiger partial charge is 0.225 e. The summed E-state index contributed by atoms with van der Waals surface area (Å²) >= 11 is 0. The van der Waals surface area contributed by atoms with Gasteiger partial charge in [-0.3, -0.25) is 4.40 Å². The van der Waals surface area contributed by atoms with Crippen LogP contribution in [0.2, 0.25) is 0 Å². The Hall–Kier alpha value is -3.60. The van der Waals surface area contributed by atoms with Crippen molar-refractivity contribution in [2.45, 2.75) is 50.5 Å². The summed E-state index contributed by atoms with van der Waals surface area (Å²) in [7, 11) is -3.36. The lowest BCUT2D eigenvalue weighted by atomic mass is 9.96. The quantitative estimate of drug-likeness (QED) is 0.415. The number of pyridine rings is 2. The van der Waals surface area contributed by atoms with E-state index in [1.165, 1.54) is 6.07 Å². The highest BCUT2D eigenvalue weighted by Crippen LogP contribution is 2.31. The molecule has 0 saturated carbocycles. The summed E-state index contributed by atoms with van der Waals surface area (Å²) in [6.45, 7) is 7.77. The maximum absolute atomic E-state index is 11.8. The number of aromatic nitrogens is 6. The van der Waals surface area contributed by atoms with Gasteiger partial charge in [0, 0.05) is 43.9 Å². The standard InChI is InChI=1S/C25H30N8O2S/c1-16(2)19-14-26-25(27-15-19)32-12-9-18(10-13-32)23-30-31-24-21(6-5-11-33(23)24)29-20-7-8-22(28-17(20)3)36(4,34)35/h5-8,11,14-16,18,29H,9-10,12-13H2,1-4H3. The van der Waals surface area contributed by atoms with Gasteiger partial charge in [-0.15, -0.1) is 10.2 Å². The Bertz CT molecular complexity index is 1490. The maximum atomic E-state index is 11.8. The number of rotatable bonds is 6. The Labute approximate surface area is 210 Å². The van der Waals surface area contributed by atoms with Gasteiger partial charge in [-0.05, 0) is 55.5 Å². The van der Waals surface area contributed by atoms with Crippen LogP contribution in [-0.2, 0) is 9.84 Å². The Morgan fingerprint density at radius 1 is 1.03 bits per heavy atom. The van der Waals surface area contributed by atoms with Crippen molar-refractivity contribution in [1.29, 1.82) is 0 Å². The largest absolute Gasteiger partial charge is 0.351 e. The summed E-state index contributed by atoms with van der Waals surface area (Å²) in [6, 6.07) is 7.12. The van der Waals surface area contributed by atoms with Gasteiger partial charge >= 0.3 is 0 Å². The van der Waals surface area contributed by atoms with Gasteiger partial charge in [0.1, 0.15) is 5.82 Å².